The molecular formula is C17H21N3O4. The third-order valence-electron chi connectivity index (χ3n) is 4.19. The van der Waals surface area contributed by atoms with Crippen molar-refractivity contribution in [3.63, 3.8) is 0 Å². The van der Waals surface area contributed by atoms with Crippen LogP contribution in [0.15, 0.2) is 22.6 Å². The monoisotopic (exact) mass is 331 g/mol. The number of para-hydroxylation sites is 1. The lowest BCUT2D eigenvalue weighted by atomic mass is 10.1. The van der Waals surface area contributed by atoms with Crippen LogP contribution in [0.2, 0.25) is 0 Å². The number of hydrogen-bond acceptors (Lipinski definition) is 7. The predicted molar refractivity (Wildman–Crippen MR) is 85.0 cm³/mol. The molecule has 128 valence electrons. The molecule has 1 aromatic carbocycles. The number of rotatable bonds is 3. The zero-order chi connectivity index (χ0) is 16.5. The Morgan fingerprint density at radius 2 is 2.04 bits per heavy atom. The molecule has 3 heterocycles. The molecule has 0 spiro atoms. The van der Waals surface area contributed by atoms with Gasteiger partial charge in [0.2, 0.25) is 11.8 Å². The van der Waals surface area contributed by atoms with Gasteiger partial charge in [-0.25, -0.2) is 0 Å². The highest BCUT2D eigenvalue weighted by Gasteiger charge is 2.31. The number of hydrogen-bond donors (Lipinski definition) is 0. The van der Waals surface area contributed by atoms with E-state index in [-0.39, 0.29) is 12.2 Å². The normalized spacial score (nSPS) is 24.1. The molecule has 0 bridgehead atoms. The van der Waals surface area contributed by atoms with Crippen LogP contribution in [0, 0.1) is 6.92 Å². The Kier molecular flexibility index (Phi) is 4.12. The zero-order valence-electron chi connectivity index (χ0n) is 13.9. The van der Waals surface area contributed by atoms with Gasteiger partial charge >= 0.3 is 0 Å². The molecule has 2 atom stereocenters. The summed E-state index contributed by atoms with van der Waals surface area (Å²) in [4.78, 5) is 2.33. The van der Waals surface area contributed by atoms with E-state index in [9.17, 15) is 0 Å². The van der Waals surface area contributed by atoms with Crippen LogP contribution in [0.5, 0.6) is 11.5 Å². The lowest BCUT2D eigenvalue weighted by Gasteiger charge is -2.35. The van der Waals surface area contributed by atoms with Crippen LogP contribution in [0.4, 0.5) is 0 Å². The van der Waals surface area contributed by atoms with Gasteiger partial charge in [0.05, 0.1) is 6.10 Å². The van der Waals surface area contributed by atoms with Crippen LogP contribution < -0.4 is 9.47 Å². The fraction of sp³-hybridized carbons (Fsp3) is 0.529. The third kappa shape index (κ3) is 3.09. The number of aromatic nitrogens is 2. The van der Waals surface area contributed by atoms with E-state index in [4.69, 9.17) is 18.6 Å². The molecule has 0 aliphatic carbocycles. The molecule has 7 nitrogen and oxygen atoms in total. The number of morpholine rings is 1. The van der Waals surface area contributed by atoms with Crippen LogP contribution in [0.25, 0.3) is 0 Å². The zero-order valence-corrected chi connectivity index (χ0v) is 13.9. The Hall–Kier alpha value is -2.12. The Balaban J connectivity index is 1.52. The molecule has 0 radical (unpaired) electrons. The molecule has 2 aliphatic heterocycles. The maximum absolute atomic E-state index is 5.97. The molecule has 4 rings (SSSR count). The van der Waals surface area contributed by atoms with Crippen molar-refractivity contribution >= 4 is 0 Å². The van der Waals surface area contributed by atoms with Crippen LogP contribution in [0.1, 0.15) is 30.4 Å². The lowest BCUT2D eigenvalue weighted by molar-refractivity contribution is -0.0919. The van der Waals surface area contributed by atoms with Crippen LogP contribution >= 0.6 is 0 Å². The van der Waals surface area contributed by atoms with E-state index in [1.807, 2.05) is 12.1 Å². The van der Waals surface area contributed by atoms with Gasteiger partial charge in [-0.15, -0.1) is 10.2 Å². The Labute approximate surface area is 140 Å². The summed E-state index contributed by atoms with van der Waals surface area (Å²) in [5.41, 5.74) is 1.13. The first-order chi connectivity index (χ1) is 11.7. The molecule has 1 aromatic heterocycles. The van der Waals surface area contributed by atoms with E-state index < -0.39 is 0 Å². The summed E-state index contributed by atoms with van der Waals surface area (Å²) >= 11 is 0. The van der Waals surface area contributed by atoms with Crippen molar-refractivity contribution in [2.75, 3.05) is 26.3 Å². The van der Waals surface area contributed by atoms with Gasteiger partial charge in [-0.2, -0.15) is 0 Å². The van der Waals surface area contributed by atoms with Crippen LogP contribution in [-0.4, -0.2) is 47.5 Å². The topological polar surface area (TPSA) is 69.9 Å². The fourth-order valence-corrected chi connectivity index (χ4v) is 3.25. The second-order valence-corrected chi connectivity index (χ2v) is 6.23. The molecule has 0 unspecified atom stereocenters. The SMILES string of the molecule is Cc1nnc([C@H]2CN(Cc3cccc4c3OCCO4)C[C@@H](C)O2)o1. The van der Waals surface area contributed by atoms with Gasteiger partial charge in [0.1, 0.15) is 19.3 Å². The van der Waals surface area contributed by atoms with E-state index >= 15 is 0 Å². The minimum Gasteiger partial charge on any atom is -0.486 e. The highest BCUT2D eigenvalue weighted by Crippen LogP contribution is 2.35. The average Bonchev–Trinajstić information content (AvgIpc) is 3.01. The molecule has 7 heteroatoms. The van der Waals surface area contributed by atoms with Gasteiger partial charge in [-0.05, 0) is 13.0 Å². The van der Waals surface area contributed by atoms with E-state index in [2.05, 4.69) is 28.1 Å². The Morgan fingerprint density at radius 1 is 1.17 bits per heavy atom. The maximum Gasteiger partial charge on any atom is 0.246 e. The van der Waals surface area contributed by atoms with Gasteiger partial charge < -0.3 is 18.6 Å². The van der Waals surface area contributed by atoms with Gasteiger partial charge in [-0.3, -0.25) is 4.90 Å². The third-order valence-corrected chi connectivity index (χ3v) is 4.19. The molecule has 2 aliphatic rings. The van der Waals surface area contributed by atoms with Crippen molar-refractivity contribution < 1.29 is 18.6 Å². The Morgan fingerprint density at radius 3 is 2.88 bits per heavy atom. The van der Waals surface area contributed by atoms with Crippen molar-refractivity contribution in [3.8, 4) is 11.5 Å². The van der Waals surface area contributed by atoms with E-state index in [1.54, 1.807) is 6.92 Å². The van der Waals surface area contributed by atoms with Gasteiger partial charge in [-0.1, -0.05) is 12.1 Å². The molecule has 0 saturated carbocycles. The summed E-state index contributed by atoms with van der Waals surface area (Å²) in [5.74, 6) is 2.77. The second kappa shape index (κ2) is 6.41. The summed E-state index contributed by atoms with van der Waals surface area (Å²) in [6.45, 7) is 7.35. The molecular weight excluding hydrogens is 310 g/mol. The van der Waals surface area contributed by atoms with Crippen LogP contribution in [-0.2, 0) is 11.3 Å². The summed E-state index contributed by atoms with van der Waals surface area (Å²) in [6.07, 6.45) is -0.112. The number of benzene rings is 1. The lowest BCUT2D eigenvalue weighted by Crippen LogP contribution is -2.42. The van der Waals surface area contributed by atoms with Crippen molar-refractivity contribution in [2.45, 2.75) is 32.6 Å². The highest BCUT2D eigenvalue weighted by molar-refractivity contribution is 5.47. The van der Waals surface area contributed by atoms with E-state index in [0.29, 0.717) is 31.5 Å². The smallest absolute Gasteiger partial charge is 0.246 e. The highest BCUT2D eigenvalue weighted by atomic mass is 16.6. The summed E-state index contributed by atoms with van der Waals surface area (Å²) in [7, 11) is 0. The van der Waals surface area contributed by atoms with Crippen molar-refractivity contribution in [2.24, 2.45) is 0 Å². The number of nitrogens with zero attached hydrogens (tertiary/aromatic N) is 3. The first-order valence-corrected chi connectivity index (χ1v) is 8.24. The fourth-order valence-electron chi connectivity index (χ4n) is 3.25. The van der Waals surface area contributed by atoms with Gasteiger partial charge in [0, 0.05) is 32.1 Å². The van der Waals surface area contributed by atoms with Crippen molar-refractivity contribution in [1.82, 2.24) is 15.1 Å². The van der Waals surface area contributed by atoms with E-state index in [1.165, 1.54) is 0 Å². The summed E-state index contributed by atoms with van der Waals surface area (Å²) < 4.78 is 23.0. The maximum atomic E-state index is 5.97. The second-order valence-electron chi connectivity index (χ2n) is 6.23. The first kappa shape index (κ1) is 15.4. The number of aryl methyl sites for hydroxylation is 1. The van der Waals surface area contributed by atoms with Crippen molar-refractivity contribution in [3.05, 3.63) is 35.5 Å². The molecule has 2 aromatic rings. The quantitative estimate of drug-likeness (QED) is 0.853. The van der Waals surface area contributed by atoms with E-state index in [0.717, 1.165) is 30.2 Å². The Bertz CT molecular complexity index is 718. The minimum atomic E-state index is -0.202. The number of fused-ring (bicyclic) bond motifs is 1. The number of ether oxygens (including phenoxy) is 3. The van der Waals surface area contributed by atoms with Gasteiger partial charge in [0.25, 0.3) is 0 Å². The first-order valence-electron chi connectivity index (χ1n) is 8.24. The average molecular weight is 331 g/mol. The molecule has 1 saturated heterocycles. The van der Waals surface area contributed by atoms with Crippen molar-refractivity contribution in [1.29, 1.82) is 0 Å². The van der Waals surface area contributed by atoms with Crippen LogP contribution in [0.3, 0.4) is 0 Å². The largest absolute Gasteiger partial charge is 0.486 e. The molecule has 0 N–H and O–H groups in total. The minimum absolute atomic E-state index is 0.0904. The predicted octanol–water partition coefficient (Wildman–Crippen LogP) is 2.11. The summed E-state index contributed by atoms with van der Waals surface area (Å²) in [5, 5.41) is 8.00. The molecule has 24 heavy (non-hydrogen) atoms. The summed E-state index contributed by atoms with van der Waals surface area (Å²) in [6, 6.07) is 6.04. The molecule has 0 amide bonds. The van der Waals surface area contributed by atoms with Gasteiger partial charge in [0.15, 0.2) is 11.5 Å². The standard InChI is InChI=1S/C17H21N3O4/c1-11-8-20(10-15(23-11)17-19-18-12(2)24-17)9-13-4-3-5-14-16(13)22-7-6-21-14/h3-5,11,15H,6-10H2,1-2H3/t11-,15-/m1/s1. The molecule has 1 fully saturated rings.